The SMILES string of the molecule is CCCN(CCC(C)(C)C)Cc1ccc(N)cc1. The third-order valence-electron chi connectivity index (χ3n) is 3.10. The zero-order valence-corrected chi connectivity index (χ0v) is 12.4. The van der Waals surface area contributed by atoms with Crippen molar-refractivity contribution in [3.63, 3.8) is 0 Å². The van der Waals surface area contributed by atoms with Gasteiger partial charge in [-0.3, -0.25) is 4.90 Å². The molecule has 2 N–H and O–H groups in total. The maximum atomic E-state index is 5.72. The van der Waals surface area contributed by atoms with Crippen LogP contribution in [0.3, 0.4) is 0 Å². The first-order valence-corrected chi connectivity index (χ1v) is 6.97. The number of rotatable bonds is 6. The number of hydrogen-bond donors (Lipinski definition) is 1. The molecule has 2 nitrogen and oxygen atoms in total. The lowest BCUT2D eigenvalue weighted by molar-refractivity contribution is 0.221. The van der Waals surface area contributed by atoms with E-state index in [1.54, 1.807) is 0 Å². The fourth-order valence-electron chi connectivity index (χ4n) is 1.96. The van der Waals surface area contributed by atoms with E-state index < -0.39 is 0 Å². The van der Waals surface area contributed by atoms with Gasteiger partial charge in [0.25, 0.3) is 0 Å². The Morgan fingerprint density at radius 3 is 2.17 bits per heavy atom. The van der Waals surface area contributed by atoms with Gasteiger partial charge in [-0.15, -0.1) is 0 Å². The number of anilines is 1. The lowest BCUT2D eigenvalue weighted by Gasteiger charge is -2.26. The van der Waals surface area contributed by atoms with Gasteiger partial charge in [-0.05, 0) is 49.0 Å². The summed E-state index contributed by atoms with van der Waals surface area (Å²) in [5, 5.41) is 0. The van der Waals surface area contributed by atoms with Crippen LogP contribution in [0.5, 0.6) is 0 Å². The average Bonchev–Trinajstić information content (AvgIpc) is 2.28. The van der Waals surface area contributed by atoms with Crippen molar-refractivity contribution >= 4 is 5.69 Å². The van der Waals surface area contributed by atoms with Gasteiger partial charge < -0.3 is 5.73 Å². The normalized spacial score (nSPS) is 12.1. The van der Waals surface area contributed by atoms with Crippen molar-refractivity contribution < 1.29 is 0 Å². The van der Waals surface area contributed by atoms with Crippen molar-refractivity contribution in [1.29, 1.82) is 0 Å². The van der Waals surface area contributed by atoms with Crippen LogP contribution < -0.4 is 5.73 Å². The van der Waals surface area contributed by atoms with Crippen molar-refractivity contribution in [2.24, 2.45) is 5.41 Å². The summed E-state index contributed by atoms with van der Waals surface area (Å²) in [5.74, 6) is 0. The molecule has 0 radical (unpaired) electrons. The summed E-state index contributed by atoms with van der Waals surface area (Å²) in [6.07, 6.45) is 2.45. The zero-order valence-electron chi connectivity index (χ0n) is 12.4. The molecule has 0 heterocycles. The van der Waals surface area contributed by atoms with Gasteiger partial charge in [-0.25, -0.2) is 0 Å². The first-order chi connectivity index (χ1) is 8.40. The predicted octanol–water partition coefficient (Wildman–Crippen LogP) is 3.92. The summed E-state index contributed by atoms with van der Waals surface area (Å²) in [6, 6.07) is 8.25. The molecule has 1 rings (SSSR count). The van der Waals surface area contributed by atoms with Gasteiger partial charge in [0.05, 0.1) is 0 Å². The Bertz CT molecular complexity index is 335. The highest BCUT2D eigenvalue weighted by molar-refractivity contribution is 5.39. The molecule has 1 aromatic carbocycles. The molecule has 102 valence electrons. The molecule has 1 aromatic rings. The van der Waals surface area contributed by atoms with Gasteiger partial charge >= 0.3 is 0 Å². The Hall–Kier alpha value is -1.02. The first-order valence-electron chi connectivity index (χ1n) is 6.97. The summed E-state index contributed by atoms with van der Waals surface area (Å²) in [6.45, 7) is 12.5. The maximum Gasteiger partial charge on any atom is 0.0314 e. The lowest BCUT2D eigenvalue weighted by atomic mass is 9.92. The molecule has 0 aliphatic heterocycles. The van der Waals surface area contributed by atoms with E-state index in [0.717, 1.165) is 12.2 Å². The summed E-state index contributed by atoms with van der Waals surface area (Å²) in [5.41, 5.74) is 8.32. The molecule has 0 fully saturated rings. The number of benzene rings is 1. The molecule has 0 aromatic heterocycles. The van der Waals surface area contributed by atoms with E-state index >= 15 is 0 Å². The molecule has 0 bridgehead atoms. The Balaban J connectivity index is 2.54. The summed E-state index contributed by atoms with van der Waals surface area (Å²) >= 11 is 0. The first kappa shape index (κ1) is 15.0. The van der Waals surface area contributed by atoms with Gasteiger partial charge in [0, 0.05) is 12.2 Å². The number of nitrogens with two attached hydrogens (primary N) is 1. The van der Waals surface area contributed by atoms with Gasteiger partial charge in [0.15, 0.2) is 0 Å². The van der Waals surface area contributed by atoms with Crippen LogP contribution in [0.1, 0.15) is 46.1 Å². The molecular formula is C16H28N2. The van der Waals surface area contributed by atoms with E-state index in [1.165, 1.54) is 31.5 Å². The van der Waals surface area contributed by atoms with E-state index in [2.05, 4.69) is 44.7 Å². The Morgan fingerprint density at radius 1 is 1.06 bits per heavy atom. The number of nitrogens with zero attached hydrogens (tertiary/aromatic N) is 1. The molecule has 0 unspecified atom stereocenters. The molecule has 0 aliphatic rings. The highest BCUT2D eigenvalue weighted by atomic mass is 15.1. The van der Waals surface area contributed by atoms with Gasteiger partial charge in [0.2, 0.25) is 0 Å². The Labute approximate surface area is 112 Å². The van der Waals surface area contributed by atoms with Crippen LogP contribution >= 0.6 is 0 Å². The van der Waals surface area contributed by atoms with Crippen molar-refractivity contribution in [3.05, 3.63) is 29.8 Å². The molecule has 0 amide bonds. The maximum absolute atomic E-state index is 5.72. The van der Waals surface area contributed by atoms with E-state index in [-0.39, 0.29) is 0 Å². The molecular weight excluding hydrogens is 220 g/mol. The highest BCUT2D eigenvalue weighted by Gasteiger charge is 2.13. The van der Waals surface area contributed by atoms with Crippen LogP contribution in [0.2, 0.25) is 0 Å². The standard InChI is InChI=1S/C16H28N2/c1-5-11-18(12-10-16(2,3)4)13-14-6-8-15(17)9-7-14/h6-9H,5,10-13,17H2,1-4H3. The minimum atomic E-state index is 0.410. The lowest BCUT2D eigenvalue weighted by Crippen LogP contribution is -2.28. The molecule has 0 aliphatic carbocycles. The van der Waals surface area contributed by atoms with Crippen LogP contribution in [0.4, 0.5) is 5.69 Å². The second kappa shape index (κ2) is 6.79. The van der Waals surface area contributed by atoms with Crippen LogP contribution in [0.15, 0.2) is 24.3 Å². The van der Waals surface area contributed by atoms with Crippen molar-refractivity contribution in [1.82, 2.24) is 4.90 Å². The second-order valence-electron chi connectivity index (χ2n) is 6.33. The third-order valence-corrected chi connectivity index (χ3v) is 3.10. The van der Waals surface area contributed by atoms with Crippen molar-refractivity contribution in [2.75, 3.05) is 18.8 Å². The second-order valence-corrected chi connectivity index (χ2v) is 6.33. The van der Waals surface area contributed by atoms with Crippen LogP contribution in [0.25, 0.3) is 0 Å². The Kier molecular flexibility index (Phi) is 5.67. The van der Waals surface area contributed by atoms with E-state index in [9.17, 15) is 0 Å². The fraction of sp³-hybridized carbons (Fsp3) is 0.625. The molecule has 0 spiro atoms. The third kappa shape index (κ3) is 6.06. The molecule has 2 heteroatoms. The van der Waals surface area contributed by atoms with Crippen molar-refractivity contribution in [3.8, 4) is 0 Å². The van der Waals surface area contributed by atoms with Gasteiger partial charge in [0.1, 0.15) is 0 Å². The predicted molar refractivity (Wildman–Crippen MR) is 80.5 cm³/mol. The van der Waals surface area contributed by atoms with Crippen molar-refractivity contribution in [2.45, 2.75) is 47.1 Å². The monoisotopic (exact) mass is 248 g/mol. The van der Waals surface area contributed by atoms with E-state index in [4.69, 9.17) is 5.73 Å². The fourth-order valence-corrected chi connectivity index (χ4v) is 1.96. The quantitative estimate of drug-likeness (QED) is 0.773. The molecule has 0 saturated carbocycles. The average molecular weight is 248 g/mol. The zero-order chi connectivity index (χ0) is 13.6. The smallest absolute Gasteiger partial charge is 0.0314 e. The van der Waals surface area contributed by atoms with E-state index in [1.807, 2.05) is 12.1 Å². The van der Waals surface area contributed by atoms with Gasteiger partial charge in [-0.2, -0.15) is 0 Å². The largest absolute Gasteiger partial charge is 0.399 e. The van der Waals surface area contributed by atoms with Crippen LogP contribution in [-0.4, -0.2) is 18.0 Å². The van der Waals surface area contributed by atoms with E-state index in [0.29, 0.717) is 5.41 Å². The van der Waals surface area contributed by atoms with Crippen LogP contribution in [0, 0.1) is 5.41 Å². The highest BCUT2D eigenvalue weighted by Crippen LogP contribution is 2.19. The molecule has 18 heavy (non-hydrogen) atoms. The number of hydrogen-bond acceptors (Lipinski definition) is 2. The molecule has 0 atom stereocenters. The number of nitrogen functional groups attached to an aromatic ring is 1. The molecule has 0 saturated heterocycles. The summed E-state index contributed by atoms with van der Waals surface area (Å²) in [7, 11) is 0. The minimum absolute atomic E-state index is 0.410. The topological polar surface area (TPSA) is 29.3 Å². The van der Waals surface area contributed by atoms with Gasteiger partial charge in [-0.1, -0.05) is 39.8 Å². The summed E-state index contributed by atoms with van der Waals surface area (Å²) < 4.78 is 0. The minimum Gasteiger partial charge on any atom is -0.399 e. The summed E-state index contributed by atoms with van der Waals surface area (Å²) in [4.78, 5) is 2.54. The Morgan fingerprint density at radius 2 is 1.67 bits per heavy atom. The van der Waals surface area contributed by atoms with Crippen LogP contribution in [-0.2, 0) is 6.54 Å².